The van der Waals surface area contributed by atoms with E-state index >= 15 is 0 Å². The lowest BCUT2D eigenvalue weighted by Gasteiger charge is -2.18. The first-order valence-electron chi connectivity index (χ1n) is 4.39. The molecule has 0 unspecified atom stereocenters. The number of anilines is 1. The predicted molar refractivity (Wildman–Crippen MR) is 69.3 cm³/mol. The highest BCUT2D eigenvalue weighted by atomic mass is 79.9. The monoisotopic (exact) mass is 282 g/mol. The van der Waals surface area contributed by atoms with Gasteiger partial charge in [-0.2, -0.15) is 5.26 Å². The van der Waals surface area contributed by atoms with E-state index in [0.29, 0.717) is 4.88 Å². The maximum atomic E-state index is 8.84. The maximum Gasteiger partial charge on any atom is 0.121 e. The van der Waals surface area contributed by atoms with Crippen LogP contribution >= 0.6 is 27.3 Å². The number of halogens is 1. The molecule has 0 atom stereocenters. The van der Waals surface area contributed by atoms with Crippen molar-refractivity contribution in [2.24, 2.45) is 0 Å². The number of nitriles is 1. The Morgan fingerprint density at radius 3 is 2.47 bits per heavy atom. The Balaban J connectivity index is 2.95. The van der Waals surface area contributed by atoms with Crippen LogP contribution in [0.4, 0.5) is 5.00 Å². The summed E-state index contributed by atoms with van der Waals surface area (Å²) in [6.07, 6.45) is 3.67. The zero-order chi connectivity index (χ0) is 11.3. The topological polar surface area (TPSA) is 27.0 Å². The highest BCUT2D eigenvalue weighted by Crippen LogP contribution is 2.33. The van der Waals surface area contributed by atoms with Gasteiger partial charge in [-0.25, -0.2) is 0 Å². The van der Waals surface area contributed by atoms with Crippen molar-refractivity contribution in [3.05, 3.63) is 40.7 Å². The van der Waals surface area contributed by atoms with E-state index < -0.39 is 0 Å². The van der Waals surface area contributed by atoms with Gasteiger partial charge in [0, 0.05) is 17.6 Å². The van der Waals surface area contributed by atoms with Crippen molar-refractivity contribution >= 4 is 32.3 Å². The van der Waals surface area contributed by atoms with Gasteiger partial charge in [0.1, 0.15) is 10.9 Å². The highest BCUT2D eigenvalue weighted by Gasteiger charge is 2.10. The smallest absolute Gasteiger partial charge is 0.121 e. The minimum atomic E-state index is 0.697. The molecule has 0 N–H and O–H groups in total. The molecule has 0 saturated carbocycles. The van der Waals surface area contributed by atoms with Crippen LogP contribution in [0.25, 0.3) is 0 Å². The minimum Gasteiger partial charge on any atom is -0.356 e. The van der Waals surface area contributed by atoms with Gasteiger partial charge in [-0.1, -0.05) is 12.2 Å². The van der Waals surface area contributed by atoms with E-state index in [-0.39, 0.29) is 0 Å². The van der Waals surface area contributed by atoms with Crippen molar-refractivity contribution < 1.29 is 0 Å². The van der Waals surface area contributed by atoms with Crippen LogP contribution in [-0.2, 0) is 0 Å². The van der Waals surface area contributed by atoms with Gasteiger partial charge in [0.25, 0.3) is 0 Å². The van der Waals surface area contributed by atoms with Crippen LogP contribution < -0.4 is 4.90 Å². The van der Waals surface area contributed by atoms with Crippen molar-refractivity contribution in [2.75, 3.05) is 18.0 Å². The predicted octanol–water partition coefficient (Wildman–Crippen LogP) is 3.56. The molecular formula is C11H11BrN2S. The molecule has 1 rings (SSSR count). The lowest BCUT2D eigenvalue weighted by atomic mass is 10.4. The van der Waals surface area contributed by atoms with E-state index in [1.54, 1.807) is 0 Å². The second kappa shape index (κ2) is 5.74. The van der Waals surface area contributed by atoms with E-state index in [0.717, 1.165) is 22.6 Å². The summed E-state index contributed by atoms with van der Waals surface area (Å²) in [6.45, 7) is 8.93. The fourth-order valence-electron chi connectivity index (χ4n) is 1.15. The first kappa shape index (κ1) is 12.0. The largest absolute Gasteiger partial charge is 0.356 e. The van der Waals surface area contributed by atoms with E-state index in [1.165, 1.54) is 11.3 Å². The molecule has 0 spiro atoms. The fourth-order valence-corrected chi connectivity index (χ4v) is 2.72. The van der Waals surface area contributed by atoms with Gasteiger partial charge in [0.05, 0.1) is 5.00 Å². The number of thiophene rings is 1. The van der Waals surface area contributed by atoms with E-state index in [1.807, 2.05) is 18.2 Å². The lowest BCUT2D eigenvalue weighted by Crippen LogP contribution is -2.21. The molecule has 0 aliphatic heterocycles. The Morgan fingerprint density at radius 2 is 2.07 bits per heavy atom. The number of hydrogen-bond acceptors (Lipinski definition) is 3. The maximum absolute atomic E-state index is 8.84. The molecule has 2 nitrogen and oxygen atoms in total. The molecule has 1 heterocycles. The van der Waals surface area contributed by atoms with Crippen LogP contribution in [0.15, 0.2) is 35.8 Å². The van der Waals surface area contributed by atoms with Gasteiger partial charge < -0.3 is 4.90 Å². The van der Waals surface area contributed by atoms with E-state index in [9.17, 15) is 0 Å². The van der Waals surface area contributed by atoms with Crippen LogP contribution in [0.1, 0.15) is 4.88 Å². The van der Waals surface area contributed by atoms with Crippen LogP contribution in [0.3, 0.4) is 0 Å². The van der Waals surface area contributed by atoms with Crippen LogP contribution in [-0.4, -0.2) is 13.1 Å². The zero-order valence-electron chi connectivity index (χ0n) is 8.24. The van der Waals surface area contributed by atoms with E-state index in [2.05, 4.69) is 40.1 Å². The van der Waals surface area contributed by atoms with Gasteiger partial charge in [0.15, 0.2) is 0 Å². The van der Waals surface area contributed by atoms with E-state index in [4.69, 9.17) is 5.26 Å². The second-order valence-corrected chi connectivity index (χ2v) is 4.74. The molecule has 4 heteroatoms. The quantitative estimate of drug-likeness (QED) is 0.772. The normalized spacial score (nSPS) is 9.33. The lowest BCUT2D eigenvalue weighted by molar-refractivity contribution is 0.970. The molecule has 0 bridgehead atoms. The summed E-state index contributed by atoms with van der Waals surface area (Å²) in [7, 11) is 0. The van der Waals surface area contributed by atoms with Gasteiger partial charge in [0.2, 0.25) is 0 Å². The molecule has 0 aliphatic carbocycles. The third-order valence-electron chi connectivity index (χ3n) is 1.79. The van der Waals surface area contributed by atoms with Gasteiger partial charge >= 0.3 is 0 Å². The molecule has 0 saturated heterocycles. The summed E-state index contributed by atoms with van der Waals surface area (Å²) in [5.74, 6) is 0. The molecule has 1 aromatic heterocycles. The first-order chi connectivity index (χ1) is 7.22. The number of rotatable bonds is 5. The Bertz CT molecular complexity index is 393. The summed E-state index contributed by atoms with van der Waals surface area (Å²) in [5.41, 5.74) is 0. The molecule has 78 valence electrons. The molecule has 15 heavy (non-hydrogen) atoms. The molecule has 0 aromatic carbocycles. The van der Waals surface area contributed by atoms with Crippen molar-refractivity contribution in [3.63, 3.8) is 0 Å². The second-order valence-electron chi connectivity index (χ2n) is 2.86. The summed E-state index contributed by atoms with van der Waals surface area (Å²) in [4.78, 5) is 2.80. The summed E-state index contributed by atoms with van der Waals surface area (Å²) in [6, 6.07) is 4.10. The highest BCUT2D eigenvalue weighted by molar-refractivity contribution is 9.10. The Morgan fingerprint density at radius 1 is 1.47 bits per heavy atom. The number of hydrogen-bond donors (Lipinski definition) is 0. The van der Waals surface area contributed by atoms with Gasteiger partial charge in [-0.15, -0.1) is 24.5 Å². The third-order valence-corrected chi connectivity index (χ3v) is 3.77. The summed E-state index contributed by atoms with van der Waals surface area (Å²) in [5, 5.41) is 9.90. The average Bonchev–Trinajstić information content (AvgIpc) is 2.59. The van der Waals surface area contributed by atoms with Crippen LogP contribution in [0.2, 0.25) is 0 Å². The average molecular weight is 283 g/mol. The first-order valence-corrected chi connectivity index (χ1v) is 6.00. The van der Waals surface area contributed by atoms with Crippen molar-refractivity contribution in [2.45, 2.75) is 0 Å². The summed E-state index contributed by atoms with van der Waals surface area (Å²) < 4.78 is 0.850. The fraction of sp³-hybridized carbons (Fsp3) is 0.182. The molecule has 0 fully saturated rings. The van der Waals surface area contributed by atoms with Crippen molar-refractivity contribution in [1.29, 1.82) is 5.26 Å². The van der Waals surface area contributed by atoms with Crippen LogP contribution in [0, 0.1) is 11.3 Å². The van der Waals surface area contributed by atoms with Crippen molar-refractivity contribution in [1.82, 2.24) is 0 Å². The zero-order valence-corrected chi connectivity index (χ0v) is 10.6. The van der Waals surface area contributed by atoms with Crippen molar-refractivity contribution in [3.8, 4) is 6.07 Å². The Kier molecular flexibility index (Phi) is 4.60. The standard InChI is InChI=1S/C11H11BrN2S/c1-3-5-14(6-4-2)11-7-9(12)10(8-13)15-11/h3-4,7H,1-2,5-6H2. The number of nitrogens with zero attached hydrogens (tertiary/aromatic N) is 2. The molecule has 0 radical (unpaired) electrons. The summed E-state index contributed by atoms with van der Waals surface area (Å²) >= 11 is 4.83. The Labute approximate surface area is 102 Å². The van der Waals surface area contributed by atoms with Gasteiger partial charge in [-0.05, 0) is 22.0 Å². The molecule has 0 amide bonds. The van der Waals surface area contributed by atoms with Gasteiger partial charge in [-0.3, -0.25) is 0 Å². The van der Waals surface area contributed by atoms with Crippen LogP contribution in [0.5, 0.6) is 0 Å². The SMILES string of the molecule is C=CCN(CC=C)c1cc(Br)c(C#N)s1. The molecule has 0 aliphatic rings. The minimum absolute atomic E-state index is 0.697. The molecule has 1 aromatic rings. The molecular weight excluding hydrogens is 272 g/mol. The Hall–Kier alpha value is -1.05. The third kappa shape index (κ3) is 2.95.